The standard InChI is InChI=1S/C12H16BrNO5/c1-12(2,3)19-11(17)14-8(10(16)18-4)6-5-7(13)9(14)15/h5,8H,6H2,1-4H3/t8-/m0/s1. The second-order valence-corrected chi connectivity index (χ2v) is 5.84. The van der Waals surface area contributed by atoms with Crippen LogP contribution >= 0.6 is 15.9 Å². The molecule has 0 spiro atoms. The molecule has 0 unspecified atom stereocenters. The minimum Gasteiger partial charge on any atom is -0.467 e. The van der Waals surface area contributed by atoms with Crippen LogP contribution in [-0.4, -0.2) is 41.6 Å². The highest BCUT2D eigenvalue weighted by Crippen LogP contribution is 2.24. The number of amides is 2. The number of imide groups is 1. The van der Waals surface area contributed by atoms with E-state index in [1.54, 1.807) is 20.8 Å². The number of esters is 1. The second-order valence-electron chi connectivity index (χ2n) is 4.98. The van der Waals surface area contributed by atoms with Gasteiger partial charge in [-0.1, -0.05) is 6.08 Å². The molecule has 0 N–H and O–H groups in total. The monoisotopic (exact) mass is 333 g/mol. The van der Waals surface area contributed by atoms with E-state index in [2.05, 4.69) is 20.7 Å². The highest BCUT2D eigenvalue weighted by atomic mass is 79.9. The lowest BCUT2D eigenvalue weighted by Gasteiger charge is -2.32. The van der Waals surface area contributed by atoms with Crippen LogP contribution in [-0.2, 0) is 19.1 Å². The molecule has 0 aliphatic carbocycles. The zero-order valence-corrected chi connectivity index (χ0v) is 12.8. The fraction of sp³-hybridized carbons (Fsp3) is 0.583. The van der Waals surface area contributed by atoms with Crippen LogP contribution in [0.5, 0.6) is 0 Å². The van der Waals surface area contributed by atoms with Gasteiger partial charge in [0.05, 0.1) is 11.6 Å². The summed E-state index contributed by atoms with van der Waals surface area (Å²) in [4.78, 5) is 36.4. The summed E-state index contributed by atoms with van der Waals surface area (Å²) in [5, 5.41) is 0. The first-order chi connectivity index (χ1) is 8.67. The van der Waals surface area contributed by atoms with Gasteiger partial charge >= 0.3 is 12.1 Å². The summed E-state index contributed by atoms with van der Waals surface area (Å²) in [5.74, 6) is -1.27. The van der Waals surface area contributed by atoms with Gasteiger partial charge in [0.15, 0.2) is 0 Å². The molecule has 0 saturated heterocycles. The van der Waals surface area contributed by atoms with Crippen LogP contribution < -0.4 is 0 Å². The first-order valence-corrected chi connectivity index (χ1v) is 6.46. The number of nitrogens with zero attached hydrogens (tertiary/aromatic N) is 1. The van der Waals surface area contributed by atoms with Gasteiger partial charge < -0.3 is 9.47 Å². The van der Waals surface area contributed by atoms with Crippen LogP contribution in [0.15, 0.2) is 10.6 Å². The zero-order chi connectivity index (χ0) is 14.8. The number of rotatable bonds is 1. The summed E-state index contributed by atoms with van der Waals surface area (Å²) in [6, 6.07) is -0.992. The molecule has 1 aliphatic heterocycles. The Kier molecular flexibility index (Phi) is 4.73. The van der Waals surface area contributed by atoms with Crippen molar-refractivity contribution in [2.45, 2.75) is 38.8 Å². The molecule has 1 aliphatic rings. The SMILES string of the molecule is COC(=O)[C@@H]1CC=C(Br)C(=O)N1C(=O)OC(C)(C)C. The molecule has 0 fully saturated rings. The first kappa shape index (κ1) is 15.7. The molecule has 106 valence electrons. The van der Waals surface area contributed by atoms with Gasteiger partial charge in [-0.2, -0.15) is 0 Å². The van der Waals surface area contributed by atoms with Gasteiger partial charge in [-0.15, -0.1) is 0 Å². The Morgan fingerprint density at radius 1 is 1.42 bits per heavy atom. The van der Waals surface area contributed by atoms with Crippen molar-refractivity contribution in [1.29, 1.82) is 0 Å². The minimum atomic E-state index is -0.992. The average Bonchev–Trinajstić information content (AvgIpc) is 2.28. The maximum Gasteiger partial charge on any atom is 0.418 e. The number of carbonyl (C=O) groups is 3. The third-order valence-corrected chi connectivity index (χ3v) is 2.98. The van der Waals surface area contributed by atoms with Crippen molar-refractivity contribution in [2.24, 2.45) is 0 Å². The number of hydrogen-bond donors (Lipinski definition) is 0. The molecule has 0 aromatic rings. The highest BCUT2D eigenvalue weighted by Gasteiger charge is 2.41. The Hall–Kier alpha value is -1.37. The molecule has 1 atom stereocenters. The quantitative estimate of drug-likeness (QED) is 0.686. The molecule has 0 radical (unpaired) electrons. The van der Waals surface area contributed by atoms with Gasteiger partial charge in [-0.25, -0.2) is 14.5 Å². The van der Waals surface area contributed by atoms with E-state index < -0.39 is 29.6 Å². The number of carbonyl (C=O) groups excluding carboxylic acids is 3. The molecule has 2 amide bonds. The van der Waals surface area contributed by atoms with Gasteiger partial charge in [0.1, 0.15) is 11.6 Å². The molecular formula is C12H16BrNO5. The Morgan fingerprint density at radius 3 is 2.47 bits per heavy atom. The molecule has 19 heavy (non-hydrogen) atoms. The number of hydrogen-bond acceptors (Lipinski definition) is 5. The smallest absolute Gasteiger partial charge is 0.418 e. The fourth-order valence-electron chi connectivity index (χ4n) is 1.52. The molecule has 0 aromatic carbocycles. The molecule has 7 heteroatoms. The summed E-state index contributed by atoms with van der Waals surface area (Å²) in [6.07, 6.45) is 0.862. The van der Waals surface area contributed by atoms with Crippen LogP contribution in [0.1, 0.15) is 27.2 Å². The number of halogens is 1. The maximum atomic E-state index is 12.0. The third-order valence-electron chi connectivity index (χ3n) is 2.32. The Morgan fingerprint density at radius 2 is 2.00 bits per heavy atom. The van der Waals surface area contributed by atoms with Gasteiger partial charge in [0.25, 0.3) is 5.91 Å². The fourth-order valence-corrected chi connectivity index (χ4v) is 1.90. The van der Waals surface area contributed by atoms with Crippen LogP contribution in [0.4, 0.5) is 4.79 Å². The summed E-state index contributed by atoms with van der Waals surface area (Å²) in [6.45, 7) is 5.03. The predicted molar refractivity (Wildman–Crippen MR) is 70.5 cm³/mol. The van der Waals surface area contributed by atoms with Crippen LogP contribution in [0.25, 0.3) is 0 Å². The number of methoxy groups -OCH3 is 1. The van der Waals surface area contributed by atoms with E-state index in [1.807, 2.05) is 0 Å². The van der Waals surface area contributed by atoms with Crippen molar-refractivity contribution < 1.29 is 23.9 Å². The van der Waals surface area contributed by atoms with E-state index in [9.17, 15) is 14.4 Å². The molecule has 1 heterocycles. The highest BCUT2D eigenvalue weighted by molar-refractivity contribution is 9.12. The van der Waals surface area contributed by atoms with Gasteiger partial charge in [-0.05, 0) is 43.1 Å². The van der Waals surface area contributed by atoms with Crippen LogP contribution in [0.3, 0.4) is 0 Å². The summed E-state index contributed by atoms with van der Waals surface area (Å²) >= 11 is 3.05. The lowest BCUT2D eigenvalue weighted by Crippen LogP contribution is -2.52. The van der Waals surface area contributed by atoms with E-state index in [1.165, 1.54) is 13.2 Å². The van der Waals surface area contributed by atoms with E-state index in [0.717, 1.165) is 4.90 Å². The third kappa shape index (κ3) is 3.79. The van der Waals surface area contributed by atoms with Crippen molar-refractivity contribution in [3.63, 3.8) is 0 Å². The summed E-state index contributed by atoms with van der Waals surface area (Å²) < 4.78 is 9.95. The van der Waals surface area contributed by atoms with Crippen LogP contribution in [0, 0.1) is 0 Å². The van der Waals surface area contributed by atoms with Crippen molar-refractivity contribution in [3.05, 3.63) is 10.6 Å². The van der Waals surface area contributed by atoms with Crippen molar-refractivity contribution in [3.8, 4) is 0 Å². The van der Waals surface area contributed by atoms with Gasteiger partial charge in [0.2, 0.25) is 0 Å². The molecular weight excluding hydrogens is 318 g/mol. The van der Waals surface area contributed by atoms with Crippen molar-refractivity contribution >= 4 is 33.9 Å². The van der Waals surface area contributed by atoms with E-state index in [0.29, 0.717) is 0 Å². The Balaban J connectivity index is 3.03. The maximum absolute atomic E-state index is 12.0. The van der Waals surface area contributed by atoms with Gasteiger partial charge in [-0.3, -0.25) is 4.79 Å². The predicted octanol–water partition coefficient (Wildman–Crippen LogP) is 1.97. The molecule has 0 saturated carbocycles. The lowest BCUT2D eigenvalue weighted by molar-refractivity contribution is -0.151. The minimum absolute atomic E-state index is 0.193. The second kappa shape index (κ2) is 5.73. The van der Waals surface area contributed by atoms with Crippen molar-refractivity contribution in [1.82, 2.24) is 4.90 Å². The molecule has 1 rings (SSSR count). The average molecular weight is 334 g/mol. The molecule has 0 aromatic heterocycles. The Labute approximate surface area is 119 Å². The van der Waals surface area contributed by atoms with Crippen molar-refractivity contribution in [2.75, 3.05) is 7.11 Å². The first-order valence-electron chi connectivity index (χ1n) is 5.67. The summed E-state index contributed by atoms with van der Waals surface area (Å²) in [5.41, 5.74) is -0.758. The molecule has 0 bridgehead atoms. The number of ether oxygens (including phenoxy) is 2. The Bertz CT molecular complexity index is 438. The summed E-state index contributed by atoms with van der Waals surface area (Å²) in [7, 11) is 1.20. The normalized spacial score (nSPS) is 19.8. The van der Waals surface area contributed by atoms with Gasteiger partial charge in [0, 0.05) is 0 Å². The van der Waals surface area contributed by atoms with E-state index in [4.69, 9.17) is 4.74 Å². The van der Waals surface area contributed by atoms with E-state index >= 15 is 0 Å². The largest absolute Gasteiger partial charge is 0.467 e. The lowest BCUT2D eigenvalue weighted by atomic mass is 10.1. The van der Waals surface area contributed by atoms with Crippen LogP contribution in [0.2, 0.25) is 0 Å². The topological polar surface area (TPSA) is 72.9 Å². The molecule has 6 nitrogen and oxygen atoms in total. The van der Waals surface area contributed by atoms with E-state index in [-0.39, 0.29) is 10.9 Å². The zero-order valence-electron chi connectivity index (χ0n) is 11.2.